The van der Waals surface area contributed by atoms with Gasteiger partial charge < -0.3 is 10.4 Å². The van der Waals surface area contributed by atoms with E-state index in [1.807, 2.05) is 24.3 Å². The van der Waals surface area contributed by atoms with Crippen LogP contribution in [0.1, 0.15) is 17.2 Å². The number of alkyl halides is 3. The number of carbonyl (C=O) groups excluding carboxylic acids is 1. The molecule has 24 heavy (non-hydrogen) atoms. The van der Waals surface area contributed by atoms with Crippen LogP contribution in [0.5, 0.6) is 0 Å². The molecule has 0 aliphatic heterocycles. The van der Waals surface area contributed by atoms with Gasteiger partial charge in [-0.1, -0.05) is 24.3 Å². The van der Waals surface area contributed by atoms with Crippen LogP contribution in [0, 0.1) is 0 Å². The summed E-state index contributed by atoms with van der Waals surface area (Å²) in [5.41, 5.74) is 1.77. The highest BCUT2D eigenvalue weighted by molar-refractivity contribution is 5.88. The maximum atomic E-state index is 12.3. The summed E-state index contributed by atoms with van der Waals surface area (Å²) in [5.74, 6) is -0.00229. The first-order valence-corrected chi connectivity index (χ1v) is 7.25. The summed E-state index contributed by atoms with van der Waals surface area (Å²) in [6, 6.07) is 7.39. The number of aliphatic hydroxyl groups is 1. The molecule has 128 valence electrons. The Bertz CT molecular complexity index is 744. The minimum absolute atomic E-state index is 0.00229. The third-order valence-corrected chi connectivity index (χ3v) is 3.71. The molecule has 0 spiro atoms. The monoisotopic (exact) mass is 340 g/mol. The average molecular weight is 340 g/mol. The number of anilines is 1. The number of rotatable bonds is 3. The van der Waals surface area contributed by atoms with E-state index in [-0.39, 0.29) is 5.82 Å². The number of halogens is 3. The van der Waals surface area contributed by atoms with Crippen molar-refractivity contribution in [3.8, 4) is 0 Å². The molecule has 3 rings (SSSR count). The van der Waals surface area contributed by atoms with Crippen molar-refractivity contribution in [3.05, 3.63) is 47.7 Å². The zero-order valence-corrected chi connectivity index (χ0v) is 12.4. The van der Waals surface area contributed by atoms with Gasteiger partial charge in [0.05, 0.1) is 12.1 Å². The SMILES string of the molecule is O=C(Nc1ccn(CC(F)(F)F)n1)NC1c2ccccc2CC1O. The lowest BCUT2D eigenvalue weighted by Crippen LogP contribution is -2.36. The Kier molecular flexibility index (Phi) is 4.18. The molecular weight excluding hydrogens is 325 g/mol. The van der Waals surface area contributed by atoms with Gasteiger partial charge in [-0.05, 0) is 11.1 Å². The fourth-order valence-electron chi connectivity index (χ4n) is 2.74. The topological polar surface area (TPSA) is 79.2 Å². The maximum Gasteiger partial charge on any atom is 0.408 e. The van der Waals surface area contributed by atoms with Gasteiger partial charge in [-0.25, -0.2) is 4.79 Å². The van der Waals surface area contributed by atoms with Gasteiger partial charge in [0, 0.05) is 18.7 Å². The number of carbonyl (C=O) groups is 1. The number of fused-ring (bicyclic) bond motifs is 1. The Balaban J connectivity index is 1.62. The third-order valence-electron chi connectivity index (χ3n) is 3.71. The normalized spacial score (nSPS) is 19.8. The smallest absolute Gasteiger partial charge is 0.390 e. The summed E-state index contributed by atoms with van der Waals surface area (Å²) in [7, 11) is 0. The molecule has 6 nitrogen and oxygen atoms in total. The number of nitrogens with zero attached hydrogens (tertiary/aromatic N) is 2. The van der Waals surface area contributed by atoms with Crippen LogP contribution < -0.4 is 10.6 Å². The van der Waals surface area contributed by atoms with Gasteiger partial charge in [0.1, 0.15) is 6.54 Å². The van der Waals surface area contributed by atoms with Crippen LogP contribution in [0.25, 0.3) is 0 Å². The van der Waals surface area contributed by atoms with Gasteiger partial charge in [-0.2, -0.15) is 18.3 Å². The van der Waals surface area contributed by atoms with Crippen molar-refractivity contribution >= 4 is 11.8 Å². The summed E-state index contributed by atoms with van der Waals surface area (Å²) in [5, 5.41) is 18.7. The van der Waals surface area contributed by atoms with Crippen LogP contribution in [-0.4, -0.2) is 33.2 Å². The molecular formula is C15H15F3N4O2. The van der Waals surface area contributed by atoms with E-state index in [4.69, 9.17) is 0 Å². The number of aliphatic hydroxyl groups excluding tert-OH is 1. The van der Waals surface area contributed by atoms with E-state index in [2.05, 4.69) is 15.7 Å². The van der Waals surface area contributed by atoms with Crippen LogP contribution >= 0.6 is 0 Å². The van der Waals surface area contributed by atoms with Crippen LogP contribution in [0.15, 0.2) is 36.5 Å². The van der Waals surface area contributed by atoms with E-state index in [1.165, 1.54) is 6.07 Å². The highest BCUT2D eigenvalue weighted by atomic mass is 19.4. The number of hydrogen-bond donors (Lipinski definition) is 3. The van der Waals surface area contributed by atoms with Crippen molar-refractivity contribution in [1.82, 2.24) is 15.1 Å². The van der Waals surface area contributed by atoms with Gasteiger partial charge in [-0.15, -0.1) is 0 Å². The molecule has 0 bridgehead atoms. The van der Waals surface area contributed by atoms with Gasteiger partial charge in [0.15, 0.2) is 5.82 Å². The predicted octanol–water partition coefficient (Wildman–Crippen LogP) is 2.23. The second-order valence-corrected chi connectivity index (χ2v) is 5.56. The number of amides is 2. The zero-order valence-electron chi connectivity index (χ0n) is 12.4. The average Bonchev–Trinajstić information content (AvgIpc) is 3.02. The van der Waals surface area contributed by atoms with E-state index in [1.54, 1.807) is 0 Å². The van der Waals surface area contributed by atoms with Crippen molar-refractivity contribution in [2.45, 2.75) is 31.3 Å². The molecule has 0 radical (unpaired) electrons. The van der Waals surface area contributed by atoms with Gasteiger partial charge in [0.2, 0.25) is 0 Å². The summed E-state index contributed by atoms with van der Waals surface area (Å²) in [4.78, 5) is 12.0. The molecule has 1 aromatic heterocycles. The van der Waals surface area contributed by atoms with Gasteiger partial charge >= 0.3 is 12.2 Å². The molecule has 1 aliphatic rings. The van der Waals surface area contributed by atoms with Gasteiger partial charge in [-0.3, -0.25) is 10.00 Å². The van der Waals surface area contributed by atoms with Crippen molar-refractivity contribution < 1.29 is 23.1 Å². The van der Waals surface area contributed by atoms with Crippen LogP contribution in [0.2, 0.25) is 0 Å². The first kappa shape index (κ1) is 16.3. The molecule has 2 unspecified atom stereocenters. The predicted molar refractivity (Wildman–Crippen MR) is 79.3 cm³/mol. The molecule has 1 heterocycles. The zero-order chi connectivity index (χ0) is 17.3. The number of aromatic nitrogens is 2. The van der Waals surface area contributed by atoms with Crippen LogP contribution in [0.3, 0.4) is 0 Å². The summed E-state index contributed by atoms with van der Waals surface area (Å²) >= 11 is 0. The Morgan fingerprint density at radius 1 is 1.33 bits per heavy atom. The molecule has 2 aromatic rings. The van der Waals surface area contributed by atoms with Crippen molar-refractivity contribution in [2.75, 3.05) is 5.32 Å². The van der Waals surface area contributed by atoms with E-state index in [0.717, 1.165) is 17.3 Å². The summed E-state index contributed by atoms with van der Waals surface area (Å²) in [6.07, 6.45) is -3.58. The standard InChI is InChI=1S/C15H15F3N4O2/c16-15(17,18)8-22-6-5-12(21-22)19-14(24)20-13-10-4-2-1-3-9(10)7-11(13)23/h1-6,11,13,23H,7-8H2,(H2,19,20,21,24). The van der Waals surface area contributed by atoms with Crippen molar-refractivity contribution in [3.63, 3.8) is 0 Å². The second kappa shape index (κ2) is 6.16. The lowest BCUT2D eigenvalue weighted by Gasteiger charge is -2.17. The summed E-state index contributed by atoms with van der Waals surface area (Å²) in [6.45, 7) is -1.23. The minimum atomic E-state index is -4.39. The van der Waals surface area contributed by atoms with Crippen molar-refractivity contribution in [1.29, 1.82) is 0 Å². The summed E-state index contributed by atoms with van der Waals surface area (Å²) < 4.78 is 37.5. The van der Waals surface area contributed by atoms with E-state index < -0.39 is 30.9 Å². The highest BCUT2D eigenvalue weighted by Gasteiger charge is 2.32. The van der Waals surface area contributed by atoms with E-state index in [0.29, 0.717) is 11.1 Å². The van der Waals surface area contributed by atoms with E-state index >= 15 is 0 Å². The molecule has 3 N–H and O–H groups in total. The first-order valence-electron chi connectivity index (χ1n) is 7.25. The first-order chi connectivity index (χ1) is 11.3. The second-order valence-electron chi connectivity index (χ2n) is 5.56. The minimum Gasteiger partial charge on any atom is -0.390 e. The number of benzene rings is 1. The van der Waals surface area contributed by atoms with Crippen LogP contribution in [-0.2, 0) is 13.0 Å². The Hall–Kier alpha value is -2.55. The largest absolute Gasteiger partial charge is 0.408 e. The van der Waals surface area contributed by atoms with Crippen molar-refractivity contribution in [2.24, 2.45) is 0 Å². The molecule has 0 saturated heterocycles. The maximum absolute atomic E-state index is 12.3. The molecule has 2 atom stereocenters. The third kappa shape index (κ3) is 3.67. The number of urea groups is 1. The number of hydrogen-bond acceptors (Lipinski definition) is 3. The lowest BCUT2D eigenvalue weighted by atomic mass is 10.1. The fourth-order valence-corrected chi connectivity index (χ4v) is 2.74. The molecule has 9 heteroatoms. The molecule has 1 aliphatic carbocycles. The van der Waals surface area contributed by atoms with Crippen LogP contribution in [0.4, 0.5) is 23.8 Å². The molecule has 1 aromatic carbocycles. The van der Waals surface area contributed by atoms with Gasteiger partial charge in [0.25, 0.3) is 0 Å². The van der Waals surface area contributed by atoms with E-state index in [9.17, 15) is 23.1 Å². The fraction of sp³-hybridized carbons (Fsp3) is 0.333. The molecule has 0 fully saturated rings. The lowest BCUT2D eigenvalue weighted by molar-refractivity contribution is -0.142. The number of nitrogens with one attached hydrogen (secondary N) is 2. The highest BCUT2D eigenvalue weighted by Crippen LogP contribution is 2.31. The Morgan fingerprint density at radius 3 is 2.83 bits per heavy atom. The Labute approximate surface area is 135 Å². The molecule has 0 saturated carbocycles. The quantitative estimate of drug-likeness (QED) is 0.802. The molecule has 2 amide bonds. The Morgan fingerprint density at radius 2 is 2.08 bits per heavy atom.